The summed E-state index contributed by atoms with van der Waals surface area (Å²) in [6.45, 7) is 1.51. The van der Waals surface area contributed by atoms with E-state index in [1.165, 1.54) is 23.4 Å². The average Bonchev–Trinajstić information content (AvgIpc) is 2.69. The van der Waals surface area contributed by atoms with Crippen LogP contribution >= 0.6 is 0 Å². The molecule has 0 radical (unpaired) electrons. The van der Waals surface area contributed by atoms with Gasteiger partial charge in [-0.2, -0.15) is 4.31 Å². The molecule has 0 bridgehead atoms. The number of hydrogen-bond acceptors (Lipinski definition) is 4. The number of ketones is 1. The van der Waals surface area contributed by atoms with Crippen LogP contribution in [0.5, 0.6) is 0 Å². The third-order valence-electron chi connectivity index (χ3n) is 3.83. The van der Waals surface area contributed by atoms with Crippen LogP contribution in [0.3, 0.4) is 0 Å². The summed E-state index contributed by atoms with van der Waals surface area (Å²) in [6, 6.07) is 6.33. The van der Waals surface area contributed by atoms with Crippen molar-refractivity contribution < 1.29 is 17.6 Å². The zero-order valence-corrected chi connectivity index (χ0v) is 13.3. The molecule has 1 aromatic carbocycles. The van der Waals surface area contributed by atoms with Gasteiger partial charge < -0.3 is 0 Å². The van der Waals surface area contributed by atoms with Gasteiger partial charge in [0.1, 0.15) is 11.6 Å². The van der Waals surface area contributed by atoms with E-state index in [1.807, 2.05) is 0 Å². The van der Waals surface area contributed by atoms with Gasteiger partial charge in [-0.25, -0.2) is 12.8 Å². The van der Waals surface area contributed by atoms with Gasteiger partial charge in [0.2, 0.25) is 10.0 Å². The second kappa shape index (κ2) is 5.82. The number of pyridine rings is 1. The number of fused-ring (bicyclic) bond motifs is 1. The smallest absolute Gasteiger partial charge is 0.244 e. The fraction of sp³-hybridized carbons (Fsp3) is 0.250. The predicted octanol–water partition coefficient (Wildman–Crippen LogP) is 2.45. The maximum absolute atomic E-state index is 13.6. The number of Topliss-reactive ketones (excluding diaryl/α,β-unsaturated/α-hetero) is 1. The first-order valence-electron chi connectivity index (χ1n) is 7.09. The average molecular weight is 334 g/mol. The molecule has 1 aliphatic rings. The number of hydrogen-bond donors (Lipinski definition) is 0. The minimum atomic E-state index is -3.76. The Kier molecular flexibility index (Phi) is 3.99. The molecule has 0 N–H and O–H groups in total. The molecule has 0 unspecified atom stereocenters. The van der Waals surface area contributed by atoms with Crippen molar-refractivity contribution in [2.45, 2.75) is 30.8 Å². The van der Waals surface area contributed by atoms with Gasteiger partial charge in [-0.05, 0) is 48.4 Å². The number of nitrogens with zero attached hydrogens (tertiary/aromatic N) is 2. The number of carbonyl (C=O) groups excluding carboxylic acids is 1. The van der Waals surface area contributed by atoms with E-state index in [2.05, 4.69) is 4.98 Å². The highest BCUT2D eigenvalue weighted by molar-refractivity contribution is 7.89. The van der Waals surface area contributed by atoms with Crippen LogP contribution in [0.15, 0.2) is 47.6 Å². The van der Waals surface area contributed by atoms with Crippen LogP contribution < -0.4 is 0 Å². The van der Waals surface area contributed by atoms with Crippen LogP contribution in [-0.2, 0) is 21.4 Å². The molecule has 0 saturated carbocycles. The summed E-state index contributed by atoms with van der Waals surface area (Å²) >= 11 is 0. The molecule has 5 nitrogen and oxygen atoms in total. The van der Waals surface area contributed by atoms with E-state index in [1.54, 1.807) is 24.5 Å². The SMILES string of the molecule is CC(=O)C[C@H]1c2cc(F)ccc2S(=O)(=O)N1Cc1ccncc1. The molecule has 1 aromatic heterocycles. The Bertz CT molecular complexity index is 853. The van der Waals surface area contributed by atoms with Crippen LogP contribution in [0.2, 0.25) is 0 Å². The predicted molar refractivity (Wildman–Crippen MR) is 81.4 cm³/mol. The zero-order valence-electron chi connectivity index (χ0n) is 12.4. The van der Waals surface area contributed by atoms with E-state index < -0.39 is 21.9 Å². The van der Waals surface area contributed by atoms with Gasteiger partial charge in [0.15, 0.2) is 0 Å². The first kappa shape index (κ1) is 15.8. The van der Waals surface area contributed by atoms with E-state index in [-0.39, 0.29) is 23.6 Å². The normalized spacial score (nSPS) is 19.5. The second-order valence-electron chi connectivity index (χ2n) is 5.51. The first-order valence-corrected chi connectivity index (χ1v) is 8.53. The molecule has 0 fully saturated rings. The standard InChI is InChI=1S/C16H15FN2O3S/c1-11(20)8-15-14-9-13(17)2-3-16(14)23(21,22)19(15)10-12-4-6-18-7-5-12/h2-7,9,15H,8,10H2,1H3/t15-/m0/s1. The molecular weight excluding hydrogens is 319 g/mol. The molecule has 1 aliphatic heterocycles. The van der Waals surface area contributed by atoms with Crippen LogP contribution in [0.25, 0.3) is 0 Å². The summed E-state index contributed by atoms with van der Waals surface area (Å²) in [7, 11) is -3.76. The van der Waals surface area contributed by atoms with Crippen LogP contribution in [-0.4, -0.2) is 23.5 Å². The van der Waals surface area contributed by atoms with Gasteiger partial charge in [-0.3, -0.25) is 9.78 Å². The molecule has 1 atom stereocenters. The molecule has 0 amide bonds. The number of rotatable bonds is 4. The summed E-state index contributed by atoms with van der Waals surface area (Å²) in [5.74, 6) is -0.666. The lowest BCUT2D eigenvalue weighted by atomic mass is 10.0. The lowest BCUT2D eigenvalue weighted by Crippen LogP contribution is -2.29. The molecule has 0 spiro atoms. The Hall–Kier alpha value is -2.12. The van der Waals surface area contributed by atoms with Crippen LogP contribution in [0.1, 0.15) is 30.5 Å². The topological polar surface area (TPSA) is 67.3 Å². The summed E-state index contributed by atoms with van der Waals surface area (Å²) in [5, 5.41) is 0. The van der Waals surface area contributed by atoms with Gasteiger partial charge in [0, 0.05) is 25.4 Å². The van der Waals surface area contributed by atoms with E-state index in [0.717, 1.165) is 11.6 Å². The molecule has 2 aromatic rings. The lowest BCUT2D eigenvalue weighted by Gasteiger charge is -2.22. The number of aromatic nitrogens is 1. The fourth-order valence-corrected chi connectivity index (χ4v) is 4.64. The molecule has 0 saturated heterocycles. The second-order valence-corrected chi connectivity index (χ2v) is 7.37. The highest BCUT2D eigenvalue weighted by Crippen LogP contribution is 2.42. The summed E-state index contributed by atoms with van der Waals surface area (Å²) < 4.78 is 40.4. The third-order valence-corrected chi connectivity index (χ3v) is 5.76. The maximum Gasteiger partial charge on any atom is 0.244 e. The summed E-state index contributed by atoms with van der Waals surface area (Å²) in [6.07, 6.45) is 3.16. The molecule has 3 rings (SSSR count). The highest BCUT2D eigenvalue weighted by Gasteiger charge is 2.43. The van der Waals surface area contributed by atoms with Crippen molar-refractivity contribution in [3.05, 3.63) is 59.7 Å². The van der Waals surface area contributed by atoms with Gasteiger partial charge in [-0.1, -0.05) is 0 Å². The highest BCUT2D eigenvalue weighted by atomic mass is 32.2. The van der Waals surface area contributed by atoms with E-state index in [4.69, 9.17) is 0 Å². The Balaban J connectivity index is 2.08. The minimum Gasteiger partial charge on any atom is -0.300 e. The number of benzene rings is 1. The fourth-order valence-electron chi connectivity index (χ4n) is 2.81. The Morgan fingerprint density at radius 3 is 2.61 bits per heavy atom. The molecule has 0 aliphatic carbocycles. The van der Waals surface area contributed by atoms with Crippen LogP contribution in [0.4, 0.5) is 4.39 Å². The third kappa shape index (κ3) is 2.89. The Morgan fingerprint density at radius 2 is 1.96 bits per heavy atom. The molecular formula is C16H15FN2O3S. The zero-order chi connectivity index (χ0) is 16.6. The number of carbonyl (C=O) groups is 1. The quantitative estimate of drug-likeness (QED) is 0.861. The first-order chi connectivity index (χ1) is 10.9. The minimum absolute atomic E-state index is 0.0146. The van der Waals surface area contributed by atoms with Crippen LogP contribution in [0, 0.1) is 5.82 Å². The lowest BCUT2D eigenvalue weighted by molar-refractivity contribution is -0.117. The van der Waals surface area contributed by atoms with Crippen molar-refractivity contribution >= 4 is 15.8 Å². The molecule has 7 heteroatoms. The van der Waals surface area contributed by atoms with Crippen molar-refractivity contribution in [1.82, 2.24) is 9.29 Å². The van der Waals surface area contributed by atoms with E-state index >= 15 is 0 Å². The van der Waals surface area contributed by atoms with Gasteiger partial charge in [0.05, 0.1) is 10.9 Å². The van der Waals surface area contributed by atoms with Gasteiger partial charge in [0.25, 0.3) is 0 Å². The summed E-state index contributed by atoms with van der Waals surface area (Å²) in [5.41, 5.74) is 1.10. The van der Waals surface area contributed by atoms with Crippen molar-refractivity contribution in [3.8, 4) is 0 Å². The van der Waals surface area contributed by atoms with E-state index in [9.17, 15) is 17.6 Å². The monoisotopic (exact) mass is 334 g/mol. The maximum atomic E-state index is 13.6. The van der Waals surface area contributed by atoms with Gasteiger partial charge >= 0.3 is 0 Å². The molecule has 2 heterocycles. The molecule has 120 valence electrons. The van der Waals surface area contributed by atoms with Crippen molar-refractivity contribution in [1.29, 1.82) is 0 Å². The van der Waals surface area contributed by atoms with E-state index in [0.29, 0.717) is 5.56 Å². The number of halogens is 1. The Labute approximate surface area is 133 Å². The van der Waals surface area contributed by atoms with Crippen molar-refractivity contribution in [2.75, 3.05) is 0 Å². The largest absolute Gasteiger partial charge is 0.300 e. The van der Waals surface area contributed by atoms with Crippen molar-refractivity contribution in [2.24, 2.45) is 0 Å². The van der Waals surface area contributed by atoms with Crippen molar-refractivity contribution in [3.63, 3.8) is 0 Å². The number of sulfonamides is 1. The summed E-state index contributed by atoms with van der Waals surface area (Å²) in [4.78, 5) is 15.6. The molecule has 23 heavy (non-hydrogen) atoms. The Morgan fingerprint density at radius 1 is 1.26 bits per heavy atom. The van der Waals surface area contributed by atoms with Gasteiger partial charge in [-0.15, -0.1) is 0 Å².